The molecular formula is C18H18N2O3S2. The van der Waals surface area contributed by atoms with Crippen LogP contribution in [0.25, 0.3) is 20.7 Å². The highest BCUT2D eigenvalue weighted by Crippen LogP contribution is 2.35. The summed E-state index contributed by atoms with van der Waals surface area (Å²) in [5, 5.41) is 1.77. The highest BCUT2D eigenvalue weighted by Gasteiger charge is 2.12. The summed E-state index contributed by atoms with van der Waals surface area (Å²) in [4.78, 5) is 22.5. The number of thiophene rings is 1. The molecule has 0 bridgehead atoms. The minimum atomic E-state index is -0.269. The lowest BCUT2D eigenvalue weighted by Gasteiger charge is -2.04. The molecule has 0 fully saturated rings. The lowest BCUT2D eigenvalue weighted by molar-refractivity contribution is -0.141. The average molecular weight is 374 g/mol. The number of esters is 1. The van der Waals surface area contributed by atoms with E-state index in [9.17, 15) is 4.79 Å². The minimum absolute atomic E-state index is 0.217. The van der Waals surface area contributed by atoms with E-state index in [0.29, 0.717) is 13.2 Å². The molecule has 3 rings (SSSR count). The van der Waals surface area contributed by atoms with Crippen LogP contribution in [0, 0.1) is 0 Å². The van der Waals surface area contributed by atoms with Gasteiger partial charge in [0, 0.05) is 16.9 Å². The molecular weight excluding hydrogens is 356 g/mol. The van der Waals surface area contributed by atoms with Gasteiger partial charge in [-0.05, 0) is 18.6 Å². The van der Waals surface area contributed by atoms with Gasteiger partial charge in [-0.2, -0.15) is 0 Å². The molecule has 1 aromatic carbocycles. The maximum atomic E-state index is 11.8. The first-order valence-corrected chi connectivity index (χ1v) is 9.74. The van der Waals surface area contributed by atoms with E-state index in [1.807, 2.05) is 25.1 Å². The SMILES string of the molecule is CCOCCOC(=O)CSc1ncnc2sc(-c3ccccc3)cc12. The van der Waals surface area contributed by atoms with Crippen molar-refractivity contribution in [1.82, 2.24) is 9.97 Å². The third kappa shape index (κ3) is 4.78. The summed E-state index contributed by atoms with van der Waals surface area (Å²) in [5.74, 6) is -0.0515. The topological polar surface area (TPSA) is 61.3 Å². The number of hydrogen-bond donors (Lipinski definition) is 0. The molecule has 0 aliphatic heterocycles. The second kappa shape index (κ2) is 8.94. The fourth-order valence-corrected chi connectivity index (χ4v) is 4.06. The molecule has 0 amide bonds. The first-order valence-electron chi connectivity index (χ1n) is 7.94. The highest BCUT2D eigenvalue weighted by molar-refractivity contribution is 8.00. The number of carbonyl (C=O) groups excluding carboxylic acids is 1. The van der Waals surface area contributed by atoms with Crippen LogP contribution in [-0.2, 0) is 14.3 Å². The van der Waals surface area contributed by atoms with E-state index < -0.39 is 0 Å². The van der Waals surface area contributed by atoms with E-state index in [4.69, 9.17) is 9.47 Å². The fraction of sp³-hybridized carbons (Fsp3) is 0.278. The number of thioether (sulfide) groups is 1. The molecule has 0 saturated heterocycles. The van der Waals surface area contributed by atoms with E-state index in [0.717, 1.165) is 25.7 Å². The molecule has 7 heteroatoms. The molecule has 130 valence electrons. The van der Waals surface area contributed by atoms with Gasteiger partial charge in [0.15, 0.2) is 0 Å². The third-order valence-corrected chi connectivity index (χ3v) is 5.44. The quantitative estimate of drug-likeness (QED) is 0.257. The Labute approximate surface area is 154 Å². The Morgan fingerprint density at radius 3 is 2.84 bits per heavy atom. The predicted octanol–water partition coefficient (Wildman–Crippen LogP) is 4.03. The zero-order valence-electron chi connectivity index (χ0n) is 13.8. The number of ether oxygens (including phenoxy) is 2. The minimum Gasteiger partial charge on any atom is -0.463 e. The number of carbonyl (C=O) groups is 1. The van der Waals surface area contributed by atoms with Gasteiger partial charge in [0.05, 0.1) is 12.4 Å². The summed E-state index contributed by atoms with van der Waals surface area (Å²) < 4.78 is 10.3. The molecule has 0 N–H and O–H groups in total. The standard InChI is InChI=1S/C18H18N2O3S2/c1-2-22-8-9-23-16(21)11-24-17-14-10-15(13-6-4-3-5-7-13)25-18(14)20-12-19-17/h3-7,10,12H,2,8-9,11H2,1H3. The molecule has 3 aromatic rings. The Hall–Kier alpha value is -1.96. The lowest BCUT2D eigenvalue weighted by Crippen LogP contribution is -2.12. The number of nitrogens with zero attached hydrogens (tertiary/aromatic N) is 2. The van der Waals surface area contributed by atoms with Gasteiger partial charge < -0.3 is 9.47 Å². The Balaban J connectivity index is 1.68. The van der Waals surface area contributed by atoms with E-state index in [1.54, 1.807) is 11.3 Å². The van der Waals surface area contributed by atoms with Crippen LogP contribution in [0.2, 0.25) is 0 Å². The monoisotopic (exact) mass is 374 g/mol. The summed E-state index contributed by atoms with van der Waals surface area (Å²) in [5.41, 5.74) is 1.15. The molecule has 0 saturated carbocycles. The Kier molecular flexibility index (Phi) is 6.38. The number of benzene rings is 1. The molecule has 0 spiro atoms. The van der Waals surface area contributed by atoms with Crippen LogP contribution in [0.5, 0.6) is 0 Å². The number of rotatable bonds is 8. The van der Waals surface area contributed by atoms with Crippen LogP contribution in [0.4, 0.5) is 0 Å². The van der Waals surface area contributed by atoms with Crippen molar-refractivity contribution in [2.24, 2.45) is 0 Å². The first kappa shape index (κ1) is 17.8. The van der Waals surface area contributed by atoms with Gasteiger partial charge in [-0.25, -0.2) is 9.97 Å². The second-order valence-corrected chi connectivity index (χ2v) is 7.08. The van der Waals surface area contributed by atoms with Crippen LogP contribution in [-0.4, -0.2) is 41.5 Å². The molecule has 0 aliphatic rings. The van der Waals surface area contributed by atoms with Crippen molar-refractivity contribution < 1.29 is 14.3 Å². The molecule has 5 nitrogen and oxygen atoms in total. The molecule has 0 atom stereocenters. The predicted molar refractivity (Wildman–Crippen MR) is 101 cm³/mol. The van der Waals surface area contributed by atoms with E-state index in [2.05, 4.69) is 28.2 Å². The van der Waals surface area contributed by atoms with Crippen molar-refractivity contribution in [2.75, 3.05) is 25.6 Å². The second-order valence-electron chi connectivity index (χ2n) is 5.08. The zero-order valence-corrected chi connectivity index (χ0v) is 15.4. The highest BCUT2D eigenvalue weighted by atomic mass is 32.2. The van der Waals surface area contributed by atoms with Gasteiger partial charge in [-0.1, -0.05) is 42.1 Å². The van der Waals surface area contributed by atoms with Crippen molar-refractivity contribution in [3.8, 4) is 10.4 Å². The van der Waals surface area contributed by atoms with Crippen LogP contribution in [0.15, 0.2) is 47.8 Å². The van der Waals surface area contributed by atoms with E-state index >= 15 is 0 Å². The Bertz CT molecular complexity index is 837. The number of aromatic nitrogens is 2. The Morgan fingerprint density at radius 1 is 1.20 bits per heavy atom. The fourth-order valence-electron chi connectivity index (χ4n) is 2.22. The number of hydrogen-bond acceptors (Lipinski definition) is 7. The summed E-state index contributed by atoms with van der Waals surface area (Å²) >= 11 is 2.99. The van der Waals surface area contributed by atoms with Crippen molar-refractivity contribution in [3.05, 3.63) is 42.7 Å². The van der Waals surface area contributed by atoms with Crippen LogP contribution in [0.3, 0.4) is 0 Å². The summed E-state index contributed by atoms with van der Waals surface area (Å²) in [6.07, 6.45) is 1.54. The third-order valence-electron chi connectivity index (χ3n) is 3.37. The lowest BCUT2D eigenvalue weighted by atomic mass is 10.2. The molecule has 0 radical (unpaired) electrons. The zero-order chi connectivity index (χ0) is 17.5. The maximum Gasteiger partial charge on any atom is 0.316 e. The van der Waals surface area contributed by atoms with Gasteiger partial charge in [-0.3, -0.25) is 4.79 Å². The summed E-state index contributed by atoms with van der Waals surface area (Å²) in [6.45, 7) is 3.23. The van der Waals surface area contributed by atoms with Crippen molar-refractivity contribution in [2.45, 2.75) is 11.9 Å². The molecule has 0 unspecified atom stereocenters. The summed E-state index contributed by atoms with van der Waals surface area (Å²) in [7, 11) is 0. The van der Waals surface area contributed by atoms with Gasteiger partial charge in [-0.15, -0.1) is 11.3 Å². The van der Waals surface area contributed by atoms with Crippen LogP contribution in [0.1, 0.15) is 6.92 Å². The maximum absolute atomic E-state index is 11.8. The average Bonchev–Trinajstić information content (AvgIpc) is 3.09. The van der Waals surface area contributed by atoms with Gasteiger partial charge in [0.1, 0.15) is 22.8 Å². The van der Waals surface area contributed by atoms with Crippen molar-refractivity contribution >= 4 is 39.3 Å². The van der Waals surface area contributed by atoms with Crippen molar-refractivity contribution in [3.63, 3.8) is 0 Å². The Morgan fingerprint density at radius 2 is 2.04 bits per heavy atom. The first-order chi connectivity index (χ1) is 12.3. The van der Waals surface area contributed by atoms with Gasteiger partial charge >= 0.3 is 5.97 Å². The van der Waals surface area contributed by atoms with E-state index in [1.165, 1.54) is 18.1 Å². The molecule has 2 aromatic heterocycles. The van der Waals surface area contributed by atoms with Crippen LogP contribution >= 0.6 is 23.1 Å². The number of fused-ring (bicyclic) bond motifs is 1. The van der Waals surface area contributed by atoms with Gasteiger partial charge in [0.25, 0.3) is 0 Å². The van der Waals surface area contributed by atoms with Crippen molar-refractivity contribution in [1.29, 1.82) is 0 Å². The van der Waals surface area contributed by atoms with E-state index in [-0.39, 0.29) is 18.3 Å². The molecule has 2 heterocycles. The largest absolute Gasteiger partial charge is 0.463 e. The summed E-state index contributed by atoms with van der Waals surface area (Å²) in [6, 6.07) is 12.2. The smallest absolute Gasteiger partial charge is 0.316 e. The molecule has 25 heavy (non-hydrogen) atoms. The normalized spacial score (nSPS) is 10.9. The molecule has 0 aliphatic carbocycles. The van der Waals surface area contributed by atoms with Crippen LogP contribution < -0.4 is 0 Å². The van der Waals surface area contributed by atoms with Gasteiger partial charge in [0.2, 0.25) is 0 Å².